The molecule has 2 aromatic carbocycles. The van der Waals surface area contributed by atoms with Crippen molar-refractivity contribution in [2.24, 2.45) is 0 Å². The fourth-order valence-corrected chi connectivity index (χ4v) is 3.61. The summed E-state index contributed by atoms with van der Waals surface area (Å²) in [5, 5.41) is 2.92. The van der Waals surface area contributed by atoms with Crippen LogP contribution in [0.15, 0.2) is 48.5 Å². The van der Waals surface area contributed by atoms with Crippen molar-refractivity contribution in [1.82, 2.24) is 4.90 Å². The van der Waals surface area contributed by atoms with Gasteiger partial charge in [0.2, 0.25) is 0 Å². The molecule has 1 atom stereocenters. The number of carbonyl (C=O) groups is 1. The number of amides is 1. The number of hydrogen-bond acceptors (Lipinski definition) is 4. The molecule has 0 aliphatic carbocycles. The zero-order chi connectivity index (χ0) is 18.8. The van der Waals surface area contributed by atoms with Gasteiger partial charge in [0, 0.05) is 19.6 Å². The number of nitrogens with zero attached hydrogens (tertiary/aromatic N) is 1. The molecule has 0 aromatic heterocycles. The SMILES string of the molecule is COc1cc(CN2CC=C(c3ccccc3)CC2)cc2c1OC(C)C(=O)N2. The first-order valence-electron chi connectivity index (χ1n) is 9.29. The number of benzene rings is 2. The third kappa shape index (κ3) is 3.69. The van der Waals surface area contributed by atoms with E-state index in [9.17, 15) is 4.79 Å². The van der Waals surface area contributed by atoms with E-state index >= 15 is 0 Å². The number of ether oxygens (including phenoxy) is 2. The molecule has 1 N–H and O–H groups in total. The van der Waals surface area contributed by atoms with E-state index in [1.54, 1.807) is 14.0 Å². The first-order chi connectivity index (χ1) is 13.1. The van der Waals surface area contributed by atoms with Crippen molar-refractivity contribution < 1.29 is 14.3 Å². The Balaban J connectivity index is 1.50. The number of hydrogen-bond donors (Lipinski definition) is 1. The summed E-state index contributed by atoms with van der Waals surface area (Å²) < 4.78 is 11.2. The van der Waals surface area contributed by atoms with Crippen LogP contribution >= 0.6 is 0 Å². The highest BCUT2D eigenvalue weighted by Gasteiger charge is 2.27. The van der Waals surface area contributed by atoms with E-state index in [0.29, 0.717) is 17.2 Å². The summed E-state index contributed by atoms with van der Waals surface area (Å²) in [4.78, 5) is 14.3. The van der Waals surface area contributed by atoms with Crippen LogP contribution < -0.4 is 14.8 Å². The van der Waals surface area contributed by atoms with Gasteiger partial charge in [-0.1, -0.05) is 36.4 Å². The Hall–Kier alpha value is -2.79. The van der Waals surface area contributed by atoms with Crippen molar-refractivity contribution in [2.45, 2.75) is 26.0 Å². The molecule has 0 saturated heterocycles. The molecule has 1 unspecified atom stereocenters. The standard InChI is InChI=1S/C22H24N2O3/c1-15-22(25)23-19-12-16(13-20(26-2)21(19)27-15)14-24-10-8-18(9-11-24)17-6-4-3-5-7-17/h3-8,12-13,15H,9-11,14H2,1-2H3,(H,23,25). The van der Waals surface area contributed by atoms with Gasteiger partial charge in [0.25, 0.3) is 5.91 Å². The minimum atomic E-state index is -0.513. The van der Waals surface area contributed by atoms with Crippen molar-refractivity contribution in [3.63, 3.8) is 0 Å². The van der Waals surface area contributed by atoms with Crippen LogP contribution in [-0.2, 0) is 11.3 Å². The largest absolute Gasteiger partial charge is 0.493 e. The maximum Gasteiger partial charge on any atom is 0.265 e. The van der Waals surface area contributed by atoms with Gasteiger partial charge in [0.15, 0.2) is 17.6 Å². The Kier molecular flexibility index (Phi) is 4.86. The normalized spacial score (nSPS) is 19.6. The van der Waals surface area contributed by atoms with E-state index in [4.69, 9.17) is 9.47 Å². The van der Waals surface area contributed by atoms with Crippen molar-refractivity contribution >= 4 is 17.2 Å². The first-order valence-corrected chi connectivity index (χ1v) is 9.29. The molecule has 0 bridgehead atoms. The van der Waals surface area contributed by atoms with Crippen LogP contribution in [0.5, 0.6) is 11.5 Å². The van der Waals surface area contributed by atoms with E-state index in [1.807, 2.05) is 18.2 Å². The van der Waals surface area contributed by atoms with Crippen LogP contribution in [0.3, 0.4) is 0 Å². The molecule has 0 saturated carbocycles. The van der Waals surface area contributed by atoms with Gasteiger partial charge in [-0.25, -0.2) is 0 Å². The van der Waals surface area contributed by atoms with Crippen LogP contribution in [0.25, 0.3) is 5.57 Å². The average molecular weight is 364 g/mol. The van der Waals surface area contributed by atoms with E-state index in [2.05, 4.69) is 40.6 Å². The molecule has 2 heterocycles. The molecular weight excluding hydrogens is 340 g/mol. The second kappa shape index (κ2) is 7.45. The van der Waals surface area contributed by atoms with Crippen LogP contribution in [0.4, 0.5) is 5.69 Å². The minimum absolute atomic E-state index is 0.130. The van der Waals surface area contributed by atoms with Crippen LogP contribution in [0, 0.1) is 0 Å². The third-order valence-corrected chi connectivity index (χ3v) is 5.10. The zero-order valence-electron chi connectivity index (χ0n) is 15.7. The zero-order valence-corrected chi connectivity index (χ0v) is 15.7. The predicted octanol–water partition coefficient (Wildman–Crippen LogP) is 3.70. The lowest BCUT2D eigenvalue weighted by Crippen LogP contribution is -2.34. The second-order valence-electron chi connectivity index (χ2n) is 7.00. The van der Waals surface area contributed by atoms with Gasteiger partial charge in [-0.05, 0) is 42.2 Å². The lowest BCUT2D eigenvalue weighted by molar-refractivity contribution is -0.122. The minimum Gasteiger partial charge on any atom is -0.493 e. The van der Waals surface area contributed by atoms with Crippen molar-refractivity contribution in [1.29, 1.82) is 0 Å². The highest BCUT2D eigenvalue weighted by molar-refractivity contribution is 5.98. The highest BCUT2D eigenvalue weighted by Crippen LogP contribution is 2.40. The van der Waals surface area contributed by atoms with Gasteiger partial charge in [-0.15, -0.1) is 0 Å². The summed E-state index contributed by atoms with van der Waals surface area (Å²) in [6, 6.07) is 14.5. The number of nitrogens with one attached hydrogen (secondary N) is 1. The van der Waals surface area contributed by atoms with Crippen molar-refractivity contribution in [3.8, 4) is 11.5 Å². The lowest BCUT2D eigenvalue weighted by atomic mass is 9.99. The molecule has 27 heavy (non-hydrogen) atoms. The summed E-state index contributed by atoms with van der Waals surface area (Å²) in [6.07, 6.45) is 2.82. The maximum absolute atomic E-state index is 11.9. The number of rotatable bonds is 4. The van der Waals surface area contributed by atoms with E-state index < -0.39 is 6.10 Å². The van der Waals surface area contributed by atoms with E-state index in [1.165, 1.54) is 11.1 Å². The van der Waals surface area contributed by atoms with Gasteiger partial charge >= 0.3 is 0 Å². The molecule has 2 aliphatic rings. The Labute approximate surface area is 159 Å². The van der Waals surface area contributed by atoms with E-state index in [-0.39, 0.29) is 5.91 Å². The molecule has 1 amide bonds. The smallest absolute Gasteiger partial charge is 0.265 e. The molecule has 0 fully saturated rings. The molecule has 0 radical (unpaired) electrons. The van der Waals surface area contributed by atoms with Gasteiger partial charge < -0.3 is 14.8 Å². The Morgan fingerprint density at radius 3 is 2.78 bits per heavy atom. The fraction of sp³-hybridized carbons (Fsp3) is 0.318. The van der Waals surface area contributed by atoms with Gasteiger partial charge in [-0.2, -0.15) is 0 Å². The average Bonchev–Trinajstić information content (AvgIpc) is 2.70. The topological polar surface area (TPSA) is 50.8 Å². The number of methoxy groups -OCH3 is 1. The fourth-order valence-electron chi connectivity index (χ4n) is 3.61. The van der Waals surface area contributed by atoms with Crippen molar-refractivity contribution in [3.05, 3.63) is 59.7 Å². The van der Waals surface area contributed by atoms with Crippen LogP contribution in [0.2, 0.25) is 0 Å². The monoisotopic (exact) mass is 364 g/mol. The van der Waals surface area contributed by atoms with E-state index in [0.717, 1.165) is 31.6 Å². The number of anilines is 1. The van der Waals surface area contributed by atoms with Crippen LogP contribution in [0.1, 0.15) is 24.5 Å². The molecular formula is C22H24N2O3. The van der Waals surface area contributed by atoms with Gasteiger partial charge in [0.1, 0.15) is 0 Å². The third-order valence-electron chi connectivity index (χ3n) is 5.10. The molecule has 5 heteroatoms. The molecule has 140 valence electrons. The van der Waals surface area contributed by atoms with Gasteiger partial charge in [0.05, 0.1) is 12.8 Å². The summed E-state index contributed by atoms with van der Waals surface area (Å²) in [5.74, 6) is 1.14. The van der Waals surface area contributed by atoms with Crippen LogP contribution in [-0.4, -0.2) is 37.1 Å². The quantitative estimate of drug-likeness (QED) is 0.899. The summed E-state index contributed by atoms with van der Waals surface area (Å²) in [7, 11) is 1.62. The molecule has 2 aromatic rings. The number of fused-ring (bicyclic) bond motifs is 1. The lowest BCUT2D eigenvalue weighted by Gasteiger charge is -2.28. The molecule has 5 nitrogen and oxygen atoms in total. The number of carbonyl (C=O) groups excluding carboxylic acids is 1. The Morgan fingerprint density at radius 2 is 2.07 bits per heavy atom. The summed E-state index contributed by atoms with van der Waals surface area (Å²) in [5.41, 5.74) is 4.50. The maximum atomic E-state index is 11.9. The van der Waals surface area contributed by atoms with Gasteiger partial charge in [-0.3, -0.25) is 9.69 Å². The van der Waals surface area contributed by atoms with Crippen molar-refractivity contribution in [2.75, 3.05) is 25.5 Å². The Morgan fingerprint density at radius 1 is 1.26 bits per heavy atom. The summed E-state index contributed by atoms with van der Waals surface area (Å²) >= 11 is 0. The second-order valence-corrected chi connectivity index (χ2v) is 7.00. The Bertz CT molecular complexity index is 877. The highest BCUT2D eigenvalue weighted by atomic mass is 16.5. The molecule has 2 aliphatic heterocycles. The first kappa shape index (κ1) is 17.6. The molecule has 4 rings (SSSR count). The predicted molar refractivity (Wildman–Crippen MR) is 106 cm³/mol. The summed E-state index contributed by atoms with van der Waals surface area (Å²) in [6.45, 7) is 4.44. The molecule has 0 spiro atoms.